The average molecular weight is 785 g/mol. The number of epoxide rings is 1. The van der Waals surface area contributed by atoms with Crippen LogP contribution in [-0.4, -0.2) is 85.2 Å². The number of fused-ring (bicyclic) bond motifs is 3. The summed E-state index contributed by atoms with van der Waals surface area (Å²) in [6, 6.07) is 1.84. The quantitative estimate of drug-likeness (QED) is 0.134. The van der Waals surface area contributed by atoms with Gasteiger partial charge in [-0.1, -0.05) is 26.8 Å². The zero-order chi connectivity index (χ0) is 41.5. The highest BCUT2D eigenvalue weighted by molar-refractivity contribution is 5.88. The summed E-state index contributed by atoms with van der Waals surface area (Å²) >= 11 is 0. The van der Waals surface area contributed by atoms with Crippen molar-refractivity contribution in [2.24, 2.45) is 39.4 Å². The first-order valence-electron chi connectivity index (χ1n) is 19.5. The zero-order valence-electron chi connectivity index (χ0n) is 34.4. The second-order valence-corrected chi connectivity index (χ2v) is 17.5. The molecule has 14 atom stereocenters. The van der Waals surface area contributed by atoms with E-state index >= 15 is 0 Å². The predicted octanol–water partition coefficient (Wildman–Crippen LogP) is 5.40. The lowest BCUT2D eigenvalue weighted by Crippen LogP contribution is -2.80. The van der Waals surface area contributed by atoms with Crippen molar-refractivity contribution in [3.05, 3.63) is 35.8 Å². The topological polar surface area (TPSA) is 183 Å². The summed E-state index contributed by atoms with van der Waals surface area (Å²) in [6.45, 7) is 17.9. The molecule has 2 heterocycles. The maximum Gasteiger partial charge on any atom is 0.333 e. The molecular formula is C42H56O14. The van der Waals surface area contributed by atoms with E-state index in [1.54, 1.807) is 53.2 Å². The molecule has 6 rings (SSSR count). The van der Waals surface area contributed by atoms with E-state index in [9.17, 15) is 28.8 Å². The van der Waals surface area contributed by atoms with Crippen LogP contribution in [0.2, 0.25) is 0 Å². The van der Waals surface area contributed by atoms with Crippen molar-refractivity contribution in [3.8, 4) is 0 Å². The van der Waals surface area contributed by atoms with Gasteiger partial charge in [0.2, 0.25) is 0 Å². The van der Waals surface area contributed by atoms with E-state index < -0.39 is 117 Å². The van der Waals surface area contributed by atoms with Crippen LogP contribution in [0.5, 0.6) is 0 Å². The number of methoxy groups -OCH3 is 1. The largest absolute Gasteiger partial charge is 0.472 e. The maximum atomic E-state index is 15.0. The number of rotatable bonds is 9. The van der Waals surface area contributed by atoms with Crippen LogP contribution in [0.3, 0.4) is 0 Å². The van der Waals surface area contributed by atoms with Gasteiger partial charge < -0.3 is 37.6 Å². The number of carbonyl (C=O) groups is 6. The Hall–Kier alpha value is -4.20. The fraction of sp³-hybridized carbons (Fsp3) is 0.714. The monoisotopic (exact) mass is 784 g/mol. The van der Waals surface area contributed by atoms with Crippen molar-refractivity contribution in [3.63, 3.8) is 0 Å². The third kappa shape index (κ3) is 5.58. The highest BCUT2D eigenvalue weighted by Gasteiger charge is 2.93. The van der Waals surface area contributed by atoms with E-state index in [4.69, 9.17) is 37.6 Å². The van der Waals surface area contributed by atoms with Gasteiger partial charge in [-0.05, 0) is 70.9 Å². The molecule has 1 spiro atoms. The third-order valence-electron chi connectivity index (χ3n) is 14.6. The van der Waals surface area contributed by atoms with Gasteiger partial charge in [0.25, 0.3) is 0 Å². The second-order valence-electron chi connectivity index (χ2n) is 17.5. The molecule has 0 unspecified atom stereocenters. The minimum absolute atomic E-state index is 0.00127. The van der Waals surface area contributed by atoms with Crippen molar-refractivity contribution in [2.75, 3.05) is 7.11 Å². The molecule has 14 heteroatoms. The van der Waals surface area contributed by atoms with Crippen LogP contribution in [0.15, 0.2) is 34.7 Å². The number of ether oxygens (including phenoxy) is 7. The summed E-state index contributed by atoms with van der Waals surface area (Å²) in [6.07, 6.45) is -0.509. The van der Waals surface area contributed by atoms with Gasteiger partial charge in [-0.25, -0.2) is 4.79 Å². The molecule has 1 aliphatic heterocycles. The molecule has 1 aromatic rings. The van der Waals surface area contributed by atoms with E-state index in [0.29, 0.717) is 12.0 Å². The number of esters is 6. The van der Waals surface area contributed by atoms with Crippen LogP contribution in [0.1, 0.15) is 107 Å². The third-order valence-corrected chi connectivity index (χ3v) is 14.6. The van der Waals surface area contributed by atoms with Gasteiger partial charge in [-0.15, -0.1) is 0 Å². The van der Waals surface area contributed by atoms with Crippen molar-refractivity contribution in [1.82, 2.24) is 0 Å². The fourth-order valence-corrected chi connectivity index (χ4v) is 12.5. The second kappa shape index (κ2) is 14.0. The Morgan fingerprint density at radius 1 is 0.821 bits per heavy atom. The van der Waals surface area contributed by atoms with Crippen LogP contribution in [0.25, 0.3) is 0 Å². The SMILES string of the molecule is C/C=C(\C)C(=O)O[C@H]1C[C@@H](OC(C)=O)[C@@](C)(C(=O)OC)[C@@H]2C[C@@H](OC(C)=O)[C@]3(C)[C@H]([C@@H](OC(C)=O)[C@H](C(=O)OC(C)C)[C@@]4(C)[C@H](c5ccoc5)C[C@H]5O[C@@]534)[C@@]12C. The number of furan rings is 1. The van der Waals surface area contributed by atoms with E-state index in [-0.39, 0.29) is 18.8 Å². The molecule has 0 amide bonds. The van der Waals surface area contributed by atoms with Gasteiger partial charge in [0.05, 0.1) is 31.8 Å². The Balaban J connectivity index is 1.73. The molecule has 4 saturated carbocycles. The molecule has 14 nitrogen and oxygen atoms in total. The van der Waals surface area contributed by atoms with Gasteiger partial charge in [-0.3, -0.25) is 24.0 Å². The number of carbonyl (C=O) groups excluding carboxylic acids is 6. The minimum Gasteiger partial charge on any atom is -0.472 e. The van der Waals surface area contributed by atoms with Gasteiger partial charge in [-0.2, -0.15) is 0 Å². The standard InChI is InChI=1S/C42H56O14/c1-13-21(4)35(46)55-28-18-29(52-22(5)43)39(9,37(48)49-12)27-17-30(53-23(6)44)41(11)34(38(27,28)8)33(54-24(7)45)32(36(47)51-20(2)3)40(10)26(25-14-15-50-19-25)16-31-42(40,41)56-31/h13-15,19-20,26-34H,16-18H2,1-12H3/b21-13+/t26-,27+,28-,29+,30+,31+,32+,33-,34+,38+,39-,40+,41+,42+/m0/s1. The van der Waals surface area contributed by atoms with E-state index in [0.717, 1.165) is 5.56 Å². The van der Waals surface area contributed by atoms with Crippen LogP contribution in [0.4, 0.5) is 0 Å². The van der Waals surface area contributed by atoms with Gasteiger partial charge in [0.1, 0.15) is 41.3 Å². The van der Waals surface area contributed by atoms with Crippen LogP contribution >= 0.6 is 0 Å². The van der Waals surface area contributed by atoms with Crippen molar-refractivity contribution < 1.29 is 66.3 Å². The van der Waals surface area contributed by atoms with Crippen LogP contribution in [0, 0.1) is 39.4 Å². The summed E-state index contributed by atoms with van der Waals surface area (Å²) in [5, 5.41) is 0. The normalized spacial score (nSPS) is 42.2. The molecular weight excluding hydrogens is 728 g/mol. The Morgan fingerprint density at radius 2 is 1.45 bits per heavy atom. The summed E-state index contributed by atoms with van der Waals surface area (Å²) < 4.78 is 49.2. The van der Waals surface area contributed by atoms with Crippen molar-refractivity contribution in [2.45, 2.75) is 144 Å². The van der Waals surface area contributed by atoms with Gasteiger partial charge in [0.15, 0.2) is 0 Å². The molecule has 1 saturated heterocycles. The van der Waals surface area contributed by atoms with Crippen molar-refractivity contribution in [1.29, 1.82) is 0 Å². The first kappa shape index (κ1) is 41.4. The highest BCUT2D eigenvalue weighted by atomic mass is 16.6. The van der Waals surface area contributed by atoms with Crippen LogP contribution in [-0.2, 0) is 61.9 Å². The first-order chi connectivity index (χ1) is 26.1. The predicted molar refractivity (Wildman–Crippen MR) is 195 cm³/mol. The van der Waals surface area contributed by atoms with E-state index in [1.807, 2.05) is 26.8 Å². The van der Waals surface area contributed by atoms with E-state index in [2.05, 4.69) is 0 Å². The first-order valence-corrected chi connectivity index (χ1v) is 19.5. The maximum absolute atomic E-state index is 15.0. The molecule has 0 N–H and O–H groups in total. The van der Waals surface area contributed by atoms with E-state index in [1.165, 1.54) is 27.9 Å². The smallest absolute Gasteiger partial charge is 0.333 e. The summed E-state index contributed by atoms with van der Waals surface area (Å²) in [4.78, 5) is 82.7. The summed E-state index contributed by atoms with van der Waals surface area (Å²) in [5.74, 6) is -7.46. The molecule has 0 aromatic carbocycles. The Labute approximate surface area is 327 Å². The molecule has 1 aromatic heterocycles. The lowest BCUT2D eigenvalue weighted by atomic mass is 9.32. The number of allylic oxidation sites excluding steroid dienone is 1. The summed E-state index contributed by atoms with van der Waals surface area (Å²) in [5.41, 5.74) is -5.53. The molecule has 56 heavy (non-hydrogen) atoms. The lowest BCUT2D eigenvalue weighted by molar-refractivity contribution is -0.322. The molecule has 0 bridgehead atoms. The Kier molecular flexibility index (Phi) is 10.4. The molecule has 5 aliphatic rings. The minimum atomic E-state index is -1.63. The van der Waals surface area contributed by atoms with Crippen LogP contribution < -0.4 is 0 Å². The Bertz CT molecular complexity index is 1820. The van der Waals surface area contributed by atoms with Crippen molar-refractivity contribution >= 4 is 35.8 Å². The highest BCUT2D eigenvalue weighted by Crippen LogP contribution is 2.84. The molecule has 0 radical (unpaired) electrons. The average Bonchev–Trinajstić information content (AvgIpc) is 3.46. The Morgan fingerprint density at radius 3 is 1.98 bits per heavy atom. The number of hydrogen-bond donors (Lipinski definition) is 0. The van der Waals surface area contributed by atoms with Gasteiger partial charge >= 0.3 is 35.8 Å². The molecule has 308 valence electrons. The summed E-state index contributed by atoms with van der Waals surface area (Å²) in [7, 11) is 1.23. The van der Waals surface area contributed by atoms with Gasteiger partial charge in [0, 0.05) is 54.9 Å². The molecule has 5 fully saturated rings. The molecule has 4 aliphatic carbocycles. The number of hydrogen-bond acceptors (Lipinski definition) is 14. The lowest BCUT2D eigenvalue weighted by Gasteiger charge is -2.72. The fourth-order valence-electron chi connectivity index (χ4n) is 12.5. The zero-order valence-corrected chi connectivity index (χ0v) is 34.4.